The van der Waals surface area contributed by atoms with Gasteiger partial charge in [-0.1, -0.05) is 18.2 Å². The number of para-hydroxylation sites is 1. The van der Waals surface area contributed by atoms with Gasteiger partial charge in [-0.2, -0.15) is 4.31 Å². The minimum absolute atomic E-state index is 0.216. The minimum Gasteiger partial charge on any atom is -0.368 e. The molecule has 134 valence electrons. The molecule has 0 aromatic heterocycles. The molecule has 1 heterocycles. The fourth-order valence-electron chi connectivity index (χ4n) is 3.24. The Morgan fingerprint density at radius 2 is 1.48 bits per heavy atom. The summed E-state index contributed by atoms with van der Waals surface area (Å²) in [6, 6.07) is 8.75. The Morgan fingerprint density at radius 3 is 2.04 bits per heavy atom. The van der Waals surface area contributed by atoms with E-state index in [2.05, 4.69) is 4.90 Å². The van der Waals surface area contributed by atoms with Crippen LogP contribution < -0.4 is 4.90 Å². The van der Waals surface area contributed by atoms with Gasteiger partial charge in [0, 0.05) is 31.9 Å². The van der Waals surface area contributed by atoms with Crippen LogP contribution in [-0.4, -0.2) is 38.9 Å². The van der Waals surface area contributed by atoms with Gasteiger partial charge in [0.1, 0.15) is 0 Å². The van der Waals surface area contributed by atoms with Crippen LogP contribution in [0.25, 0.3) is 0 Å². The second kappa shape index (κ2) is 6.72. The van der Waals surface area contributed by atoms with Crippen molar-refractivity contribution < 1.29 is 17.2 Å². The van der Waals surface area contributed by atoms with Crippen LogP contribution in [0.5, 0.6) is 0 Å². The molecule has 7 heteroatoms. The summed E-state index contributed by atoms with van der Waals surface area (Å²) in [5.74, 6) is -2.21. The quantitative estimate of drug-likeness (QED) is 0.838. The maximum absolute atomic E-state index is 13.4. The number of aryl methyl sites for hydroxylation is 2. The summed E-state index contributed by atoms with van der Waals surface area (Å²) in [4.78, 5) is 1.95. The van der Waals surface area contributed by atoms with Crippen molar-refractivity contribution in [2.45, 2.75) is 18.7 Å². The van der Waals surface area contributed by atoms with Crippen LogP contribution in [0.1, 0.15) is 11.1 Å². The topological polar surface area (TPSA) is 40.6 Å². The summed E-state index contributed by atoms with van der Waals surface area (Å²) in [5.41, 5.74) is 3.43. The molecule has 1 aliphatic rings. The lowest BCUT2D eigenvalue weighted by molar-refractivity contribution is 0.384. The Morgan fingerprint density at radius 1 is 0.880 bits per heavy atom. The highest BCUT2D eigenvalue weighted by Crippen LogP contribution is 2.27. The lowest BCUT2D eigenvalue weighted by atomic mass is 10.1. The van der Waals surface area contributed by atoms with Gasteiger partial charge in [-0.05, 0) is 43.2 Å². The van der Waals surface area contributed by atoms with Crippen molar-refractivity contribution in [1.29, 1.82) is 0 Å². The number of sulfonamides is 1. The molecule has 0 unspecified atom stereocenters. The van der Waals surface area contributed by atoms with E-state index in [0.29, 0.717) is 26.2 Å². The van der Waals surface area contributed by atoms with E-state index in [4.69, 9.17) is 0 Å². The molecule has 0 amide bonds. The Bertz CT molecular complexity index is 872. The third-order valence-corrected chi connectivity index (χ3v) is 6.42. The molecule has 0 aliphatic carbocycles. The number of halogens is 2. The molecule has 3 rings (SSSR count). The number of benzene rings is 2. The number of anilines is 1. The van der Waals surface area contributed by atoms with Crippen molar-refractivity contribution in [2.24, 2.45) is 0 Å². The average molecular weight is 366 g/mol. The predicted octanol–water partition coefficient (Wildman–Crippen LogP) is 3.09. The van der Waals surface area contributed by atoms with Gasteiger partial charge in [0.15, 0.2) is 11.6 Å². The smallest absolute Gasteiger partial charge is 0.243 e. The van der Waals surface area contributed by atoms with Crippen LogP contribution in [0.15, 0.2) is 41.3 Å². The normalized spacial score (nSPS) is 16.2. The molecule has 0 atom stereocenters. The first-order chi connectivity index (χ1) is 11.8. The van der Waals surface area contributed by atoms with Crippen molar-refractivity contribution in [3.05, 3.63) is 59.2 Å². The summed E-state index contributed by atoms with van der Waals surface area (Å²) in [5, 5.41) is 0. The monoisotopic (exact) mass is 366 g/mol. The number of hydrogen-bond acceptors (Lipinski definition) is 3. The van der Waals surface area contributed by atoms with Gasteiger partial charge in [0.25, 0.3) is 0 Å². The molecular weight excluding hydrogens is 346 g/mol. The van der Waals surface area contributed by atoms with Gasteiger partial charge in [-0.3, -0.25) is 0 Å². The lowest BCUT2D eigenvalue weighted by Crippen LogP contribution is -2.49. The summed E-state index contributed by atoms with van der Waals surface area (Å²) in [6.07, 6.45) is 0. The first kappa shape index (κ1) is 17.8. The largest absolute Gasteiger partial charge is 0.368 e. The van der Waals surface area contributed by atoms with Crippen molar-refractivity contribution in [2.75, 3.05) is 31.1 Å². The predicted molar refractivity (Wildman–Crippen MR) is 93.2 cm³/mol. The van der Waals surface area contributed by atoms with Crippen LogP contribution in [0.3, 0.4) is 0 Å². The highest BCUT2D eigenvalue weighted by molar-refractivity contribution is 7.89. The molecule has 1 aliphatic heterocycles. The highest BCUT2D eigenvalue weighted by atomic mass is 32.2. The van der Waals surface area contributed by atoms with E-state index in [9.17, 15) is 17.2 Å². The fourth-order valence-corrected chi connectivity index (χ4v) is 4.68. The van der Waals surface area contributed by atoms with Crippen LogP contribution in [-0.2, 0) is 10.0 Å². The van der Waals surface area contributed by atoms with Crippen LogP contribution in [0, 0.1) is 25.5 Å². The van der Waals surface area contributed by atoms with Crippen LogP contribution >= 0.6 is 0 Å². The maximum atomic E-state index is 13.4. The molecule has 0 bridgehead atoms. The molecule has 0 spiro atoms. The molecule has 2 aromatic rings. The van der Waals surface area contributed by atoms with E-state index < -0.39 is 21.7 Å². The molecular formula is C18H20F2N2O2S. The Hall–Kier alpha value is -1.99. The number of rotatable bonds is 3. The van der Waals surface area contributed by atoms with E-state index in [1.807, 2.05) is 32.0 Å². The highest BCUT2D eigenvalue weighted by Gasteiger charge is 2.29. The molecule has 4 nitrogen and oxygen atoms in total. The Kier molecular flexibility index (Phi) is 4.79. The van der Waals surface area contributed by atoms with Gasteiger partial charge in [-0.15, -0.1) is 0 Å². The van der Waals surface area contributed by atoms with Gasteiger partial charge < -0.3 is 4.90 Å². The number of piperazine rings is 1. The Labute approximate surface area is 146 Å². The average Bonchev–Trinajstić information content (AvgIpc) is 2.57. The summed E-state index contributed by atoms with van der Waals surface area (Å²) in [6.45, 7) is 5.77. The third-order valence-electron chi connectivity index (χ3n) is 4.52. The van der Waals surface area contributed by atoms with Gasteiger partial charge in [-0.25, -0.2) is 17.2 Å². The minimum atomic E-state index is -3.83. The standard InChI is InChI=1S/C18H20F2N2O2S/c1-13-4-3-5-14(2)18(13)21-8-10-22(11-9-21)25(23,24)15-6-7-16(19)17(20)12-15/h3-7,12H,8-11H2,1-2H3. The summed E-state index contributed by atoms with van der Waals surface area (Å²) < 4.78 is 53.1. The molecule has 1 fully saturated rings. The van der Waals surface area contributed by atoms with E-state index in [-0.39, 0.29) is 4.90 Å². The molecule has 25 heavy (non-hydrogen) atoms. The van der Waals surface area contributed by atoms with E-state index in [1.165, 1.54) is 4.31 Å². The SMILES string of the molecule is Cc1cccc(C)c1N1CCN(S(=O)(=O)c2ccc(F)c(F)c2)CC1. The molecule has 0 saturated carbocycles. The zero-order valence-electron chi connectivity index (χ0n) is 14.2. The van der Waals surface area contributed by atoms with Gasteiger partial charge in [0.2, 0.25) is 10.0 Å². The van der Waals surface area contributed by atoms with E-state index in [0.717, 1.165) is 35.0 Å². The van der Waals surface area contributed by atoms with Gasteiger partial charge >= 0.3 is 0 Å². The maximum Gasteiger partial charge on any atom is 0.243 e. The van der Waals surface area contributed by atoms with E-state index in [1.54, 1.807) is 0 Å². The lowest BCUT2D eigenvalue weighted by Gasteiger charge is -2.36. The fraction of sp³-hybridized carbons (Fsp3) is 0.333. The zero-order chi connectivity index (χ0) is 18.2. The molecule has 0 radical (unpaired) electrons. The van der Waals surface area contributed by atoms with Crippen molar-refractivity contribution in [3.63, 3.8) is 0 Å². The van der Waals surface area contributed by atoms with Crippen molar-refractivity contribution in [1.82, 2.24) is 4.31 Å². The van der Waals surface area contributed by atoms with Crippen LogP contribution in [0.2, 0.25) is 0 Å². The second-order valence-electron chi connectivity index (χ2n) is 6.21. The van der Waals surface area contributed by atoms with Gasteiger partial charge in [0.05, 0.1) is 4.90 Å². The first-order valence-corrected chi connectivity index (χ1v) is 9.51. The first-order valence-electron chi connectivity index (χ1n) is 8.07. The number of nitrogens with zero attached hydrogens (tertiary/aromatic N) is 2. The third kappa shape index (κ3) is 3.39. The molecule has 2 aromatic carbocycles. The van der Waals surface area contributed by atoms with Crippen molar-refractivity contribution >= 4 is 15.7 Å². The molecule has 1 saturated heterocycles. The zero-order valence-corrected chi connectivity index (χ0v) is 15.0. The summed E-state index contributed by atoms with van der Waals surface area (Å²) >= 11 is 0. The number of hydrogen-bond donors (Lipinski definition) is 0. The van der Waals surface area contributed by atoms with E-state index >= 15 is 0 Å². The molecule has 0 N–H and O–H groups in total. The summed E-state index contributed by atoms with van der Waals surface area (Å²) in [7, 11) is -3.83. The second-order valence-corrected chi connectivity index (χ2v) is 8.15. The van der Waals surface area contributed by atoms with Crippen LogP contribution in [0.4, 0.5) is 14.5 Å². The Balaban J connectivity index is 1.78. The van der Waals surface area contributed by atoms with Crippen molar-refractivity contribution in [3.8, 4) is 0 Å².